The van der Waals surface area contributed by atoms with Crippen LogP contribution in [-0.2, 0) is 4.79 Å². The molecular formula is C8H9ClN4O3. The highest BCUT2D eigenvalue weighted by Crippen LogP contribution is 2.14. The van der Waals surface area contributed by atoms with Crippen molar-refractivity contribution < 1.29 is 14.6 Å². The first-order valence-corrected chi connectivity index (χ1v) is 4.41. The Morgan fingerprint density at radius 2 is 2.25 bits per heavy atom. The van der Waals surface area contributed by atoms with E-state index in [1.165, 1.54) is 18.3 Å². The summed E-state index contributed by atoms with van der Waals surface area (Å²) in [5.74, 6) is 3.69. The van der Waals surface area contributed by atoms with Crippen LogP contribution in [0.25, 0.3) is 0 Å². The van der Waals surface area contributed by atoms with E-state index in [1.54, 1.807) is 0 Å². The number of nitrogens with two attached hydrogens (primary N) is 2. The summed E-state index contributed by atoms with van der Waals surface area (Å²) in [5.41, 5.74) is 6.71. The first-order valence-electron chi connectivity index (χ1n) is 4.03. The van der Waals surface area contributed by atoms with Crippen LogP contribution >= 0.6 is 11.6 Å². The number of carboxylic acids is 1. The van der Waals surface area contributed by atoms with Gasteiger partial charge in [-0.1, -0.05) is 11.6 Å². The Balaban J connectivity index is 2.90. The quantitative estimate of drug-likeness (QED) is 0.190. The second-order valence-electron chi connectivity index (χ2n) is 2.61. The van der Waals surface area contributed by atoms with Gasteiger partial charge < -0.3 is 15.6 Å². The first kappa shape index (κ1) is 12.1. The van der Waals surface area contributed by atoms with Gasteiger partial charge in [0.1, 0.15) is 10.9 Å². The van der Waals surface area contributed by atoms with Gasteiger partial charge in [0, 0.05) is 0 Å². The van der Waals surface area contributed by atoms with Crippen LogP contribution < -0.4 is 21.7 Å². The van der Waals surface area contributed by atoms with Crippen molar-refractivity contribution in [2.75, 3.05) is 0 Å². The number of hydrogen-bond donors (Lipinski definition) is 4. The summed E-state index contributed by atoms with van der Waals surface area (Å²) in [5, 5.41) is 8.89. The zero-order valence-corrected chi connectivity index (χ0v) is 8.73. The highest BCUT2D eigenvalue weighted by molar-refractivity contribution is 6.29. The number of carbonyl (C=O) groups is 1. The Hall–Kier alpha value is -1.99. The molecule has 6 N–H and O–H groups in total. The molecule has 1 aromatic heterocycles. The van der Waals surface area contributed by atoms with E-state index in [4.69, 9.17) is 33.0 Å². The van der Waals surface area contributed by atoms with Crippen LogP contribution in [0.5, 0.6) is 5.75 Å². The standard InChI is InChI=1S/C8H9ClN4O3/c9-5-2-1-4(3-12-5)16-7(13-11)6(10)8(14)15/h1-3,13H,10-11H2,(H,14,15)/b7-6+. The molecule has 0 atom stereocenters. The number of aliphatic carboxylic acids is 1. The van der Waals surface area contributed by atoms with E-state index < -0.39 is 11.7 Å². The van der Waals surface area contributed by atoms with E-state index in [-0.39, 0.29) is 16.8 Å². The molecule has 1 heterocycles. The maximum Gasteiger partial charge on any atom is 0.357 e. The number of halogens is 1. The number of hydrogen-bond acceptors (Lipinski definition) is 6. The average Bonchev–Trinajstić information content (AvgIpc) is 2.27. The predicted octanol–water partition coefficient (Wildman–Crippen LogP) is -0.211. The number of aromatic nitrogens is 1. The third-order valence-corrected chi connectivity index (χ3v) is 1.75. The summed E-state index contributed by atoms with van der Waals surface area (Å²) in [6.45, 7) is 0. The lowest BCUT2D eigenvalue weighted by atomic mass is 10.4. The third-order valence-electron chi connectivity index (χ3n) is 1.53. The summed E-state index contributed by atoms with van der Waals surface area (Å²) in [6.07, 6.45) is 1.30. The van der Waals surface area contributed by atoms with Crippen LogP contribution in [0.4, 0.5) is 0 Å². The fourth-order valence-electron chi connectivity index (χ4n) is 0.800. The zero-order valence-electron chi connectivity index (χ0n) is 7.98. The molecule has 0 saturated carbocycles. The molecule has 1 rings (SSSR count). The minimum atomic E-state index is -1.35. The number of ether oxygens (including phenoxy) is 1. The van der Waals surface area contributed by atoms with Crippen molar-refractivity contribution in [2.45, 2.75) is 0 Å². The summed E-state index contributed by atoms with van der Waals surface area (Å²) >= 11 is 5.56. The van der Waals surface area contributed by atoms with E-state index in [1.807, 2.05) is 5.43 Å². The predicted molar refractivity (Wildman–Crippen MR) is 56.0 cm³/mol. The summed E-state index contributed by atoms with van der Waals surface area (Å²) < 4.78 is 5.06. The van der Waals surface area contributed by atoms with Crippen LogP contribution in [-0.4, -0.2) is 16.1 Å². The van der Waals surface area contributed by atoms with Crippen LogP contribution in [0.3, 0.4) is 0 Å². The van der Waals surface area contributed by atoms with E-state index in [9.17, 15) is 4.79 Å². The smallest absolute Gasteiger partial charge is 0.357 e. The molecule has 7 nitrogen and oxygen atoms in total. The van der Waals surface area contributed by atoms with E-state index in [0.29, 0.717) is 0 Å². The molecule has 0 amide bonds. The Morgan fingerprint density at radius 3 is 2.69 bits per heavy atom. The maximum atomic E-state index is 10.5. The fourth-order valence-corrected chi connectivity index (χ4v) is 0.912. The van der Waals surface area contributed by atoms with Gasteiger partial charge in [0.15, 0.2) is 5.70 Å². The highest BCUT2D eigenvalue weighted by atomic mass is 35.5. The fraction of sp³-hybridized carbons (Fsp3) is 0. The van der Waals surface area contributed by atoms with Crippen molar-refractivity contribution >= 4 is 17.6 Å². The Kier molecular flexibility index (Phi) is 3.92. The van der Waals surface area contributed by atoms with Gasteiger partial charge in [-0.15, -0.1) is 0 Å². The maximum absolute atomic E-state index is 10.5. The first-order chi connectivity index (χ1) is 7.54. The molecular weight excluding hydrogens is 236 g/mol. The molecule has 0 radical (unpaired) electrons. The molecule has 0 aliphatic carbocycles. The molecule has 0 fully saturated rings. The van der Waals surface area contributed by atoms with Gasteiger partial charge in [0.05, 0.1) is 6.20 Å². The molecule has 86 valence electrons. The van der Waals surface area contributed by atoms with Crippen LogP contribution in [0, 0.1) is 0 Å². The topological polar surface area (TPSA) is 123 Å². The molecule has 0 aliphatic heterocycles. The second-order valence-corrected chi connectivity index (χ2v) is 3.00. The summed E-state index contributed by atoms with van der Waals surface area (Å²) in [6, 6.07) is 2.96. The van der Waals surface area contributed by atoms with Crippen molar-refractivity contribution in [1.82, 2.24) is 10.4 Å². The molecule has 0 saturated heterocycles. The van der Waals surface area contributed by atoms with Gasteiger partial charge in [-0.25, -0.2) is 15.6 Å². The lowest BCUT2D eigenvalue weighted by molar-refractivity contribution is -0.132. The lowest BCUT2D eigenvalue weighted by Gasteiger charge is -2.09. The van der Waals surface area contributed by atoms with Crippen molar-refractivity contribution in [3.8, 4) is 5.75 Å². The van der Waals surface area contributed by atoms with Gasteiger partial charge in [-0.2, -0.15) is 0 Å². The van der Waals surface area contributed by atoms with Gasteiger partial charge in [0.25, 0.3) is 0 Å². The van der Waals surface area contributed by atoms with Crippen molar-refractivity contribution in [3.63, 3.8) is 0 Å². The number of pyridine rings is 1. The van der Waals surface area contributed by atoms with E-state index in [2.05, 4.69) is 4.98 Å². The molecule has 0 unspecified atom stereocenters. The highest BCUT2D eigenvalue weighted by Gasteiger charge is 2.12. The minimum absolute atomic E-state index is 0.251. The Labute approximate surface area is 95.6 Å². The Morgan fingerprint density at radius 1 is 1.56 bits per heavy atom. The molecule has 8 heteroatoms. The molecule has 0 aromatic carbocycles. The monoisotopic (exact) mass is 244 g/mol. The zero-order chi connectivity index (χ0) is 12.1. The van der Waals surface area contributed by atoms with Gasteiger partial charge in [-0.05, 0) is 12.1 Å². The van der Waals surface area contributed by atoms with Crippen molar-refractivity contribution in [1.29, 1.82) is 0 Å². The number of rotatable bonds is 4. The van der Waals surface area contributed by atoms with Crippen molar-refractivity contribution in [3.05, 3.63) is 35.1 Å². The normalized spacial score (nSPS) is 11.6. The molecule has 1 aromatic rings. The number of carboxylic acid groups (broad SMARTS) is 1. The largest absolute Gasteiger partial charge is 0.476 e. The van der Waals surface area contributed by atoms with Crippen LogP contribution in [0.2, 0.25) is 5.15 Å². The molecule has 0 aliphatic rings. The summed E-state index contributed by atoms with van der Waals surface area (Å²) in [4.78, 5) is 14.3. The van der Waals surface area contributed by atoms with Gasteiger partial charge >= 0.3 is 5.97 Å². The van der Waals surface area contributed by atoms with Crippen LogP contribution in [0.15, 0.2) is 29.9 Å². The third kappa shape index (κ3) is 3.01. The van der Waals surface area contributed by atoms with Gasteiger partial charge in [-0.3, -0.25) is 5.43 Å². The van der Waals surface area contributed by atoms with E-state index in [0.717, 1.165) is 0 Å². The SMILES string of the molecule is NN/C(Oc1ccc(Cl)nc1)=C(\N)C(=O)O. The van der Waals surface area contributed by atoms with Gasteiger partial charge in [0.2, 0.25) is 5.88 Å². The summed E-state index contributed by atoms with van der Waals surface area (Å²) in [7, 11) is 0. The molecule has 0 spiro atoms. The number of nitrogens with zero attached hydrogens (tertiary/aromatic N) is 1. The second kappa shape index (κ2) is 5.19. The molecule has 16 heavy (non-hydrogen) atoms. The Bertz CT molecular complexity index is 418. The number of nitrogens with one attached hydrogen (secondary N) is 1. The minimum Gasteiger partial charge on any atom is -0.476 e. The lowest BCUT2D eigenvalue weighted by Crippen LogP contribution is -2.31. The average molecular weight is 245 g/mol. The van der Waals surface area contributed by atoms with Crippen molar-refractivity contribution in [2.24, 2.45) is 11.6 Å². The number of hydrazine groups is 1. The van der Waals surface area contributed by atoms with Crippen LogP contribution in [0.1, 0.15) is 0 Å². The molecule has 0 bridgehead atoms. The van der Waals surface area contributed by atoms with E-state index >= 15 is 0 Å².